The van der Waals surface area contributed by atoms with Gasteiger partial charge in [-0.05, 0) is 18.6 Å². The maximum absolute atomic E-state index is 13.8. The van der Waals surface area contributed by atoms with E-state index in [2.05, 4.69) is 10.3 Å². The van der Waals surface area contributed by atoms with Crippen molar-refractivity contribution in [1.82, 2.24) is 10.5 Å². The molecule has 3 N–H and O–H groups in total. The summed E-state index contributed by atoms with van der Waals surface area (Å²) in [6, 6.07) is 10.4. The average molecular weight is 275 g/mol. The topological polar surface area (TPSA) is 74.2 Å². The lowest BCUT2D eigenvalue weighted by Gasteiger charge is -2.15. The molecule has 2 rings (SSSR count). The highest BCUT2D eigenvalue weighted by Gasteiger charge is 2.12. The average Bonchev–Trinajstić information content (AvgIpc) is 2.49. The molecule has 0 fully saturated rings. The number of benzene rings is 1. The largest absolute Gasteiger partial charge is 0.361 e. The van der Waals surface area contributed by atoms with Crippen molar-refractivity contribution in [3.63, 3.8) is 0 Å². The first-order chi connectivity index (χ1) is 9.61. The third-order valence-corrected chi connectivity index (χ3v) is 2.86. The molecular formula is C14H14FN3O2. The van der Waals surface area contributed by atoms with Crippen LogP contribution in [0, 0.1) is 5.82 Å². The van der Waals surface area contributed by atoms with E-state index >= 15 is 0 Å². The SMILES string of the molecule is C[C@@H](Nc1ncc(C(=O)NO)cc1F)c1ccccc1. The van der Waals surface area contributed by atoms with E-state index in [9.17, 15) is 9.18 Å². The number of carbonyl (C=O) groups is 1. The molecule has 0 aliphatic heterocycles. The van der Waals surface area contributed by atoms with Crippen LogP contribution in [0.1, 0.15) is 28.9 Å². The summed E-state index contributed by atoms with van der Waals surface area (Å²) in [6.45, 7) is 1.88. The molecule has 0 saturated heterocycles. The van der Waals surface area contributed by atoms with Crippen molar-refractivity contribution in [3.8, 4) is 0 Å². The summed E-state index contributed by atoms with van der Waals surface area (Å²) in [5.74, 6) is -1.41. The number of amides is 1. The van der Waals surface area contributed by atoms with Gasteiger partial charge in [-0.25, -0.2) is 14.9 Å². The number of hydroxylamine groups is 1. The van der Waals surface area contributed by atoms with Crippen LogP contribution in [-0.2, 0) is 0 Å². The van der Waals surface area contributed by atoms with Gasteiger partial charge < -0.3 is 5.32 Å². The number of nitrogens with zero attached hydrogens (tertiary/aromatic N) is 1. The van der Waals surface area contributed by atoms with Crippen LogP contribution in [0.25, 0.3) is 0 Å². The minimum atomic E-state index is -0.806. The maximum atomic E-state index is 13.8. The standard InChI is InChI=1S/C14H14FN3O2/c1-9(10-5-3-2-4-6-10)17-13-12(15)7-11(8-16-13)14(19)18-20/h2-9,20H,1H3,(H,16,17)(H,18,19)/t9-/m1/s1. The number of hydrogen-bond acceptors (Lipinski definition) is 4. The summed E-state index contributed by atoms with van der Waals surface area (Å²) in [4.78, 5) is 15.0. The summed E-state index contributed by atoms with van der Waals surface area (Å²) in [6.07, 6.45) is 1.19. The minimum absolute atomic E-state index is 0.0517. The Balaban J connectivity index is 2.16. The monoisotopic (exact) mass is 275 g/mol. The normalized spacial score (nSPS) is 11.8. The number of carbonyl (C=O) groups excluding carboxylic acids is 1. The summed E-state index contributed by atoms with van der Waals surface area (Å²) >= 11 is 0. The molecule has 0 unspecified atom stereocenters. The molecule has 0 saturated carbocycles. The van der Waals surface area contributed by atoms with Crippen LogP contribution in [0.3, 0.4) is 0 Å². The van der Waals surface area contributed by atoms with E-state index in [-0.39, 0.29) is 17.4 Å². The second-order valence-corrected chi connectivity index (χ2v) is 4.27. The highest BCUT2D eigenvalue weighted by Crippen LogP contribution is 2.20. The van der Waals surface area contributed by atoms with Gasteiger partial charge in [-0.1, -0.05) is 30.3 Å². The molecule has 0 aliphatic carbocycles. The van der Waals surface area contributed by atoms with Crippen LogP contribution in [0.4, 0.5) is 10.2 Å². The number of halogens is 1. The Labute approximate surface area is 115 Å². The van der Waals surface area contributed by atoms with Gasteiger partial charge in [0.25, 0.3) is 5.91 Å². The fourth-order valence-corrected chi connectivity index (χ4v) is 1.76. The van der Waals surface area contributed by atoms with Gasteiger partial charge in [0.05, 0.1) is 11.6 Å². The number of anilines is 1. The number of rotatable bonds is 4. The Morgan fingerprint density at radius 3 is 2.65 bits per heavy atom. The van der Waals surface area contributed by atoms with Crippen LogP contribution < -0.4 is 10.8 Å². The predicted octanol–water partition coefficient (Wildman–Crippen LogP) is 2.51. The van der Waals surface area contributed by atoms with Crippen LogP contribution in [0.2, 0.25) is 0 Å². The highest BCUT2D eigenvalue weighted by atomic mass is 19.1. The summed E-state index contributed by atoms with van der Waals surface area (Å²) in [5, 5.41) is 11.4. The van der Waals surface area contributed by atoms with E-state index in [0.29, 0.717) is 0 Å². The number of aromatic nitrogens is 1. The van der Waals surface area contributed by atoms with E-state index in [0.717, 1.165) is 11.6 Å². The van der Waals surface area contributed by atoms with Gasteiger partial charge >= 0.3 is 0 Å². The first-order valence-electron chi connectivity index (χ1n) is 6.03. The molecule has 0 radical (unpaired) electrons. The van der Waals surface area contributed by atoms with Gasteiger partial charge in [-0.15, -0.1) is 0 Å². The van der Waals surface area contributed by atoms with Gasteiger partial charge in [0.1, 0.15) is 0 Å². The van der Waals surface area contributed by atoms with Crippen molar-refractivity contribution in [1.29, 1.82) is 0 Å². The van der Waals surface area contributed by atoms with Crippen molar-refractivity contribution in [3.05, 3.63) is 59.5 Å². The highest BCUT2D eigenvalue weighted by molar-refractivity contribution is 5.93. The molecule has 1 aromatic carbocycles. The van der Waals surface area contributed by atoms with Crippen molar-refractivity contribution >= 4 is 11.7 Å². The predicted molar refractivity (Wildman–Crippen MR) is 71.9 cm³/mol. The Bertz CT molecular complexity index is 605. The first kappa shape index (κ1) is 14.0. The lowest BCUT2D eigenvalue weighted by Crippen LogP contribution is -2.19. The van der Waals surface area contributed by atoms with E-state index in [1.165, 1.54) is 11.7 Å². The van der Waals surface area contributed by atoms with Gasteiger partial charge in [0, 0.05) is 6.20 Å². The second-order valence-electron chi connectivity index (χ2n) is 4.27. The first-order valence-corrected chi connectivity index (χ1v) is 6.03. The maximum Gasteiger partial charge on any atom is 0.276 e. The molecular weight excluding hydrogens is 261 g/mol. The smallest absolute Gasteiger partial charge is 0.276 e. The molecule has 0 spiro atoms. The van der Waals surface area contributed by atoms with E-state index in [1.807, 2.05) is 37.3 Å². The lowest BCUT2D eigenvalue weighted by atomic mass is 10.1. The van der Waals surface area contributed by atoms with E-state index < -0.39 is 11.7 Å². The van der Waals surface area contributed by atoms with Crippen molar-refractivity contribution in [2.45, 2.75) is 13.0 Å². The second kappa shape index (κ2) is 6.12. The van der Waals surface area contributed by atoms with Gasteiger partial charge in [-0.3, -0.25) is 10.0 Å². The quantitative estimate of drug-likeness (QED) is 0.592. The molecule has 1 heterocycles. The van der Waals surface area contributed by atoms with Crippen LogP contribution >= 0.6 is 0 Å². The van der Waals surface area contributed by atoms with Crippen molar-refractivity contribution < 1.29 is 14.4 Å². The Morgan fingerprint density at radius 2 is 2.05 bits per heavy atom. The van der Waals surface area contributed by atoms with Gasteiger partial charge in [-0.2, -0.15) is 0 Å². The molecule has 1 amide bonds. The zero-order valence-corrected chi connectivity index (χ0v) is 10.8. The van der Waals surface area contributed by atoms with Crippen LogP contribution in [0.5, 0.6) is 0 Å². The molecule has 20 heavy (non-hydrogen) atoms. The minimum Gasteiger partial charge on any atom is -0.361 e. The third-order valence-electron chi connectivity index (χ3n) is 2.86. The molecule has 104 valence electrons. The van der Waals surface area contributed by atoms with Crippen LogP contribution in [0.15, 0.2) is 42.6 Å². The Hall–Kier alpha value is -2.47. The van der Waals surface area contributed by atoms with E-state index in [1.54, 1.807) is 0 Å². The number of hydrogen-bond donors (Lipinski definition) is 3. The van der Waals surface area contributed by atoms with Crippen molar-refractivity contribution in [2.75, 3.05) is 5.32 Å². The zero-order chi connectivity index (χ0) is 14.5. The molecule has 5 nitrogen and oxygen atoms in total. The van der Waals surface area contributed by atoms with E-state index in [4.69, 9.17) is 5.21 Å². The molecule has 0 aliphatic rings. The number of pyridine rings is 1. The molecule has 6 heteroatoms. The molecule has 1 atom stereocenters. The Kier molecular flexibility index (Phi) is 4.27. The number of nitrogens with one attached hydrogen (secondary N) is 2. The summed E-state index contributed by atoms with van der Waals surface area (Å²) in [5.41, 5.74) is 2.37. The summed E-state index contributed by atoms with van der Waals surface area (Å²) in [7, 11) is 0. The van der Waals surface area contributed by atoms with Crippen LogP contribution in [-0.4, -0.2) is 16.1 Å². The third kappa shape index (κ3) is 3.10. The fourth-order valence-electron chi connectivity index (χ4n) is 1.76. The van der Waals surface area contributed by atoms with Gasteiger partial charge in [0.2, 0.25) is 0 Å². The van der Waals surface area contributed by atoms with Gasteiger partial charge in [0.15, 0.2) is 11.6 Å². The molecule has 1 aromatic heterocycles. The lowest BCUT2D eigenvalue weighted by molar-refractivity contribution is 0.0705. The molecule has 2 aromatic rings. The Morgan fingerprint density at radius 1 is 1.35 bits per heavy atom. The molecule has 0 bridgehead atoms. The fraction of sp³-hybridized carbons (Fsp3) is 0.143. The van der Waals surface area contributed by atoms with Crippen molar-refractivity contribution in [2.24, 2.45) is 0 Å². The zero-order valence-electron chi connectivity index (χ0n) is 10.8. The summed E-state index contributed by atoms with van der Waals surface area (Å²) < 4.78 is 13.8.